The van der Waals surface area contributed by atoms with Crippen molar-refractivity contribution in [3.05, 3.63) is 17.9 Å². The first-order valence-corrected chi connectivity index (χ1v) is 8.97. The van der Waals surface area contributed by atoms with Crippen LogP contribution >= 0.6 is 11.8 Å². The first-order valence-electron chi connectivity index (χ1n) is 6.26. The van der Waals surface area contributed by atoms with Crippen LogP contribution in [-0.4, -0.2) is 26.0 Å². The third-order valence-corrected chi connectivity index (χ3v) is 6.27. The lowest BCUT2D eigenvalue weighted by atomic mass is 10.0. The average Bonchev–Trinajstić information content (AvgIpc) is 2.90. The first kappa shape index (κ1) is 16.6. The summed E-state index contributed by atoms with van der Waals surface area (Å²) in [6.07, 6.45) is 3.81. The summed E-state index contributed by atoms with van der Waals surface area (Å²) in [5, 5.41) is -0.0739. The zero-order valence-corrected chi connectivity index (χ0v) is 13.2. The summed E-state index contributed by atoms with van der Waals surface area (Å²) < 4.78 is 31.9. The maximum absolute atomic E-state index is 12.1. The summed E-state index contributed by atoms with van der Waals surface area (Å²) in [4.78, 5) is 0. The Hall–Kier alpha value is -0.500. The van der Waals surface area contributed by atoms with Crippen LogP contribution in [0.1, 0.15) is 32.4 Å². The van der Waals surface area contributed by atoms with Crippen LogP contribution in [0, 0.1) is 0 Å². The molecule has 19 heavy (non-hydrogen) atoms. The minimum Gasteiger partial charge on any atom is -0.447 e. The van der Waals surface area contributed by atoms with Gasteiger partial charge < -0.3 is 10.2 Å². The number of nitrogens with one attached hydrogen (secondary N) is 1. The van der Waals surface area contributed by atoms with E-state index in [2.05, 4.69) is 18.6 Å². The van der Waals surface area contributed by atoms with Gasteiger partial charge in [-0.15, -0.1) is 0 Å². The minimum atomic E-state index is -3.60. The third kappa shape index (κ3) is 3.98. The molecule has 0 spiro atoms. The van der Waals surface area contributed by atoms with Gasteiger partial charge in [0.2, 0.25) is 5.09 Å². The second-order valence-electron chi connectivity index (χ2n) is 4.34. The molecule has 0 unspecified atom stereocenters. The van der Waals surface area contributed by atoms with E-state index in [1.54, 1.807) is 17.8 Å². The Bertz CT molecular complexity index is 485. The third-order valence-electron chi connectivity index (χ3n) is 3.41. The van der Waals surface area contributed by atoms with Crippen LogP contribution in [0.15, 0.2) is 21.6 Å². The maximum atomic E-state index is 12.1. The fourth-order valence-corrected chi connectivity index (χ4v) is 3.73. The van der Waals surface area contributed by atoms with E-state index in [4.69, 9.17) is 10.2 Å². The Labute approximate surface area is 119 Å². The molecule has 1 aromatic heterocycles. The minimum absolute atomic E-state index is 0.0731. The lowest BCUT2D eigenvalue weighted by Crippen LogP contribution is -2.39. The Kier molecular flexibility index (Phi) is 5.91. The highest BCUT2D eigenvalue weighted by atomic mass is 32.2. The van der Waals surface area contributed by atoms with Gasteiger partial charge in [-0.05, 0) is 31.2 Å². The van der Waals surface area contributed by atoms with Gasteiger partial charge in [-0.3, -0.25) is 0 Å². The lowest BCUT2D eigenvalue weighted by Gasteiger charge is -2.29. The van der Waals surface area contributed by atoms with E-state index >= 15 is 0 Å². The summed E-state index contributed by atoms with van der Waals surface area (Å²) >= 11 is 1.69. The number of sulfonamides is 1. The van der Waals surface area contributed by atoms with Crippen molar-refractivity contribution in [2.24, 2.45) is 5.73 Å². The molecule has 0 aromatic carbocycles. The van der Waals surface area contributed by atoms with Crippen LogP contribution in [0.2, 0.25) is 0 Å². The SMILES string of the molecule is CCC(CC)(CNS(=O)(=O)c1ccc(CN)o1)SC. The summed E-state index contributed by atoms with van der Waals surface area (Å²) in [6, 6.07) is 3.01. The van der Waals surface area contributed by atoms with Crippen LogP contribution in [0.3, 0.4) is 0 Å². The molecule has 0 bridgehead atoms. The molecule has 0 aliphatic heterocycles. The molecule has 3 N–H and O–H groups in total. The molecule has 0 amide bonds. The summed E-state index contributed by atoms with van der Waals surface area (Å²) in [5.41, 5.74) is 5.40. The zero-order chi connectivity index (χ0) is 14.5. The van der Waals surface area contributed by atoms with Crippen LogP contribution in [0.25, 0.3) is 0 Å². The van der Waals surface area contributed by atoms with Crippen LogP contribution in [-0.2, 0) is 16.6 Å². The summed E-state index contributed by atoms with van der Waals surface area (Å²) in [6.45, 7) is 4.71. The fourth-order valence-electron chi connectivity index (χ4n) is 1.77. The second kappa shape index (κ2) is 6.78. The molecule has 0 radical (unpaired) electrons. The molecule has 0 aliphatic carbocycles. The molecule has 0 atom stereocenters. The average molecular weight is 306 g/mol. The highest BCUT2D eigenvalue weighted by Crippen LogP contribution is 2.30. The van der Waals surface area contributed by atoms with E-state index in [-0.39, 0.29) is 16.4 Å². The molecule has 7 heteroatoms. The second-order valence-corrected chi connectivity index (χ2v) is 7.32. The topological polar surface area (TPSA) is 85.3 Å². The maximum Gasteiger partial charge on any atom is 0.274 e. The molecule has 0 saturated carbocycles. The predicted molar refractivity (Wildman–Crippen MR) is 78.6 cm³/mol. The van der Waals surface area contributed by atoms with Gasteiger partial charge in [0.15, 0.2) is 0 Å². The summed E-state index contributed by atoms with van der Waals surface area (Å²) in [7, 11) is -3.60. The monoisotopic (exact) mass is 306 g/mol. The van der Waals surface area contributed by atoms with Gasteiger partial charge in [0.25, 0.3) is 10.0 Å². The van der Waals surface area contributed by atoms with Crippen molar-refractivity contribution in [1.82, 2.24) is 4.72 Å². The smallest absolute Gasteiger partial charge is 0.274 e. The highest BCUT2D eigenvalue weighted by Gasteiger charge is 2.28. The van der Waals surface area contributed by atoms with Crippen molar-refractivity contribution in [1.29, 1.82) is 0 Å². The van der Waals surface area contributed by atoms with E-state index in [0.717, 1.165) is 12.8 Å². The molecule has 1 heterocycles. The molecular weight excluding hydrogens is 284 g/mol. The van der Waals surface area contributed by atoms with Crippen molar-refractivity contribution < 1.29 is 12.8 Å². The zero-order valence-electron chi connectivity index (χ0n) is 11.6. The predicted octanol–water partition coefficient (Wildman–Crippen LogP) is 1.94. The van der Waals surface area contributed by atoms with Crippen LogP contribution < -0.4 is 10.5 Å². The first-order chi connectivity index (χ1) is 8.93. The molecular formula is C12H22N2O3S2. The fraction of sp³-hybridized carbons (Fsp3) is 0.667. The van der Waals surface area contributed by atoms with Crippen molar-refractivity contribution in [3.63, 3.8) is 0 Å². The van der Waals surface area contributed by atoms with E-state index in [0.29, 0.717) is 12.3 Å². The number of furan rings is 1. The quantitative estimate of drug-likeness (QED) is 0.766. The van der Waals surface area contributed by atoms with Gasteiger partial charge in [0.05, 0.1) is 6.54 Å². The number of hydrogen-bond donors (Lipinski definition) is 2. The number of thioether (sulfide) groups is 1. The van der Waals surface area contributed by atoms with Crippen LogP contribution in [0.4, 0.5) is 0 Å². The Morgan fingerprint density at radius 1 is 1.37 bits per heavy atom. The van der Waals surface area contributed by atoms with Crippen molar-refractivity contribution in [2.45, 2.75) is 43.1 Å². The molecule has 110 valence electrons. The van der Waals surface area contributed by atoms with E-state index in [1.807, 2.05) is 6.26 Å². The molecule has 5 nitrogen and oxygen atoms in total. The van der Waals surface area contributed by atoms with Gasteiger partial charge >= 0.3 is 0 Å². The van der Waals surface area contributed by atoms with Crippen molar-refractivity contribution in [2.75, 3.05) is 12.8 Å². The van der Waals surface area contributed by atoms with Crippen molar-refractivity contribution in [3.8, 4) is 0 Å². The number of hydrogen-bond acceptors (Lipinski definition) is 5. The molecule has 1 rings (SSSR count). The van der Waals surface area contributed by atoms with Gasteiger partial charge in [-0.2, -0.15) is 11.8 Å². The normalized spacial score (nSPS) is 12.8. The Morgan fingerprint density at radius 3 is 2.42 bits per heavy atom. The molecule has 0 fully saturated rings. The summed E-state index contributed by atoms with van der Waals surface area (Å²) in [5.74, 6) is 0.461. The molecule has 1 aromatic rings. The van der Waals surface area contributed by atoms with Gasteiger partial charge in [-0.1, -0.05) is 13.8 Å². The van der Waals surface area contributed by atoms with E-state index < -0.39 is 10.0 Å². The number of nitrogens with two attached hydrogens (primary N) is 1. The standard InChI is InChI=1S/C12H22N2O3S2/c1-4-12(5-2,18-3)9-14-19(15,16)11-7-6-10(8-13)17-11/h6-7,14H,4-5,8-9,13H2,1-3H3. The Balaban J connectivity index is 2.80. The highest BCUT2D eigenvalue weighted by molar-refractivity contribution is 8.00. The van der Waals surface area contributed by atoms with E-state index in [9.17, 15) is 8.42 Å². The molecule has 0 aliphatic rings. The van der Waals surface area contributed by atoms with Crippen LogP contribution in [0.5, 0.6) is 0 Å². The Morgan fingerprint density at radius 2 is 2.00 bits per heavy atom. The van der Waals surface area contributed by atoms with Gasteiger partial charge in [0.1, 0.15) is 5.76 Å². The van der Waals surface area contributed by atoms with Crippen molar-refractivity contribution >= 4 is 21.8 Å². The van der Waals surface area contributed by atoms with Gasteiger partial charge in [-0.25, -0.2) is 13.1 Å². The van der Waals surface area contributed by atoms with E-state index in [1.165, 1.54) is 6.07 Å². The number of rotatable bonds is 8. The molecule has 0 saturated heterocycles. The van der Waals surface area contributed by atoms with Gasteiger partial charge in [0, 0.05) is 11.3 Å². The largest absolute Gasteiger partial charge is 0.447 e. The lowest BCUT2D eigenvalue weighted by molar-refractivity contribution is 0.410.